The van der Waals surface area contributed by atoms with Gasteiger partial charge in [-0.15, -0.1) is 0 Å². The highest BCUT2D eigenvalue weighted by molar-refractivity contribution is 6.42. The normalized spacial score (nSPS) is 11.3. The molecule has 0 aliphatic carbocycles. The van der Waals surface area contributed by atoms with Crippen LogP contribution in [0.25, 0.3) is 6.08 Å². The van der Waals surface area contributed by atoms with Crippen molar-refractivity contribution in [2.45, 2.75) is 19.8 Å². The van der Waals surface area contributed by atoms with Crippen molar-refractivity contribution < 1.29 is 14.3 Å². The summed E-state index contributed by atoms with van der Waals surface area (Å²) in [5.74, 6) is -1.53. The van der Waals surface area contributed by atoms with Crippen LogP contribution in [0.5, 0.6) is 0 Å². The van der Waals surface area contributed by atoms with Crippen LogP contribution in [0.3, 0.4) is 0 Å². The molecule has 0 atom stereocenters. The van der Waals surface area contributed by atoms with E-state index in [2.05, 4.69) is 0 Å². The lowest BCUT2D eigenvalue weighted by Gasteiger charge is -2.07. The smallest absolute Gasteiger partial charge is 0.348 e. The van der Waals surface area contributed by atoms with E-state index >= 15 is 0 Å². The Hall–Kier alpha value is -1.81. The molecule has 0 amide bonds. The van der Waals surface area contributed by atoms with Crippen molar-refractivity contribution >= 4 is 52.8 Å². The highest BCUT2D eigenvalue weighted by Gasteiger charge is 2.20. The van der Waals surface area contributed by atoms with Gasteiger partial charge in [0.1, 0.15) is 0 Å². The number of rotatable bonds is 5. The van der Waals surface area contributed by atoms with Gasteiger partial charge in [-0.25, -0.2) is 4.79 Å². The van der Waals surface area contributed by atoms with Gasteiger partial charge in [-0.3, -0.25) is 4.79 Å². The summed E-state index contributed by atoms with van der Waals surface area (Å²) in [6.45, 7) is 1.91. The Kier molecular flexibility index (Phi) is 7.06. The molecule has 130 valence electrons. The minimum Gasteiger partial charge on any atom is -0.389 e. The van der Waals surface area contributed by atoms with E-state index in [9.17, 15) is 9.59 Å². The van der Waals surface area contributed by atoms with E-state index < -0.39 is 11.9 Å². The number of hydrogen-bond acceptors (Lipinski definition) is 3. The van der Waals surface area contributed by atoms with Gasteiger partial charge in [-0.2, -0.15) is 0 Å². The molecule has 0 N–H and O–H groups in total. The quantitative estimate of drug-likeness (QED) is 0.445. The zero-order chi connectivity index (χ0) is 18.4. The van der Waals surface area contributed by atoms with E-state index in [1.54, 1.807) is 0 Å². The molecule has 0 bridgehead atoms. The number of allylic oxidation sites excluding steroid dienone is 1. The summed E-state index contributed by atoms with van der Waals surface area (Å²) in [6, 6.07) is 12.5. The first-order chi connectivity index (χ1) is 11.9. The van der Waals surface area contributed by atoms with Crippen LogP contribution in [-0.2, 0) is 9.53 Å². The summed E-state index contributed by atoms with van der Waals surface area (Å²) in [5, 5.41) is 0.366. The average Bonchev–Trinajstić information content (AvgIpc) is 2.53. The Balaban J connectivity index is 1.94. The van der Waals surface area contributed by atoms with Gasteiger partial charge >= 0.3 is 11.9 Å². The topological polar surface area (TPSA) is 43.4 Å². The number of benzene rings is 2. The summed E-state index contributed by atoms with van der Waals surface area (Å²) in [5.41, 5.74) is 1.97. The molecule has 25 heavy (non-hydrogen) atoms. The van der Waals surface area contributed by atoms with Crippen LogP contribution in [-0.4, -0.2) is 11.9 Å². The van der Waals surface area contributed by atoms with Gasteiger partial charge in [0.15, 0.2) is 0 Å². The van der Waals surface area contributed by atoms with Crippen LogP contribution in [0.4, 0.5) is 0 Å². The average molecular weight is 398 g/mol. The first-order valence-electron chi connectivity index (χ1n) is 7.48. The predicted octanol–water partition coefficient (Wildman–Crippen LogP) is 6.21. The molecule has 0 fully saturated rings. The molecular formula is C19H15Cl3O3. The van der Waals surface area contributed by atoms with Gasteiger partial charge in [0.25, 0.3) is 0 Å². The third kappa shape index (κ3) is 5.89. The molecule has 2 rings (SSSR count). The molecule has 3 nitrogen and oxygen atoms in total. The van der Waals surface area contributed by atoms with Crippen LogP contribution < -0.4 is 0 Å². The molecular weight excluding hydrogens is 383 g/mol. The van der Waals surface area contributed by atoms with Crippen LogP contribution in [0.15, 0.2) is 48.0 Å². The van der Waals surface area contributed by atoms with E-state index in [1.807, 2.05) is 43.3 Å². The van der Waals surface area contributed by atoms with Crippen LogP contribution in [0.1, 0.15) is 35.7 Å². The van der Waals surface area contributed by atoms with Crippen molar-refractivity contribution in [2.75, 3.05) is 0 Å². The fraction of sp³-hybridized carbons (Fsp3) is 0.158. The third-order valence-electron chi connectivity index (χ3n) is 3.35. The van der Waals surface area contributed by atoms with Gasteiger partial charge in [-0.05, 0) is 31.0 Å². The maximum atomic E-state index is 12.1. The maximum absolute atomic E-state index is 12.1. The molecule has 0 saturated carbocycles. The van der Waals surface area contributed by atoms with Crippen molar-refractivity contribution in [1.82, 2.24) is 0 Å². The highest BCUT2D eigenvalue weighted by Crippen LogP contribution is 2.29. The Bertz CT molecular complexity index is 791. The molecule has 2 aromatic rings. The Morgan fingerprint density at radius 1 is 1.00 bits per heavy atom. The molecule has 0 aromatic heterocycles. The van der Waals surface area contributed by atoms with Gasteiger partial charge in [0.2, 0.25) is 0 Å². The molecule has 0 saturated heterocycles. The number of ether oxygens (including phenoxy) is 1. The van der Waals surface area contributed by atoms with Crippen molar-refractivity contribution in [1.29, 1.82) is 0 Å². The maximum Gasteiger partial charge on any atom is 0.348 e. The second-order valence-electron chi connectivity index (χ2n) is 5.41. The van der Waals surface area contributed by atoms with Crippen molar-refractivity contribution in [2.24, 2.45) is 0 Å². The summed E-state index contributed by atoms with van der Waals surface area (Å²) in [6.07, 6.45) is 2.52. The lowest BCUT2D eigenvalue weighted by Crippen LogP contribution is -2.13. The molecule has 0 unspecified atom stereocenters. The zero-order valence-electron chi connectivity index (χ0n) is 13.4. The van der Waals surface area contributed by atoms with Crippen molar-refractivity contribution in [3.8, 4) is 0 Å². The van der Waals surface area contributed by atoms with E-state index in [1.165, 1.54) is 12.1 Å². The third-order valence-corrected chi connectivity index (χ3v) is 4.17. The number of carbonyl (C=O) groups excluding carboxylic acids is 2. The summed E-state index contributed by atoms with van der Waals surface area (Å²) >= 11 is 17.7. The summed E-state index contributed by atoms with van der Waals surface area (Å²) < 4.78 is 4.82. The van der Waals surface area contributed by atoms with Gasteiger partial charge in [0, 0.05) is 11.4 Å². The molecule has 0 aliphatic rings. The van der Waals surface area contributed by atoms with Gasteiger partial charge in [0.05, 0.1) is 15.6 Å². The van der Waals surface area contributed by atoms with Gasteiger partial charge in [-0.1, -0.05) is 76.8 Å². The SMILES string of the molecule is C/C(=C\c1ccccc1)CCC(=O)OC(=O)c1c(Cl)cc(Cl)cc1Cl. The van der Waals surface area contributed by atoms with Crippen LogP contribution in [0, 0.1) is 0 Å². The molecule has 6 heteroatoms. The number of carbonyl (C=O) groups is 2. The minimum atomic E-state index is -0.888. The second kappa shape index (κ2) is 9.04. The Morgan fingerprint density at radius 2 is 1.60 bits per heavy atom. The van der Waals surface area contributed by atoms with E-state index in [4.69, 9.17) is 39.5 Å². The first-order valence-corrected chi connectivity index (χ1v) is 8.62. The first kappa shape index (κ1) is 19.5. The summed E-state index contributed by atoms with van der Waals surface area (Å²) in [4.78, 5) is 24.0. The molecule has 0 heterocycles. The number of hydrogen-bond donors (Lipinski definition) is 0. The Labute approximate surface area is 161 Å². The second-order valence-corrected chi connectivity index (χ2v) is 6.66. The fourth-order valence-electron chi connectivity index (χ4n) is 2.15. The van der Waals surface area contributed by atoms with Crippen molar-refractivity contribution in [3.63, 3.8) is 0 Å². The van der Waals surface area contributed by atoms with E-state index in [-0.39, 0.29) is 22.0 Å². The number of esters is 2. The lowest BCUT2D eigenvalue weighted by molar-refractivity contribution is -0.137. The summed E-state index contributed by atoms with van der Waals surface area (Å²) in [7, 11) is 0. The van der Waals surface area contributed by atoms with E-state index in [0.717, 1.165) is 11.1 Å². The van der Waals surface area contributed by atoms with E-state index in [0.29, 0.717) is 11.4 Å². The monoisotopic (exact) mass is 396 g/mol. The van der Waals surface area contributed by atoms with Crippen molar-refractivity contribution in [3.05, 3.63) is 74.2 Å². The zero-order valence-corrected chi connectivity index (χ0v) is 15.7. The standard InChI is InChI=1S/C19H15Cl3O3/c1-12(9-13-5-3-2-4-6-13)7-8-17(23)25-19(24)18-15(21)10-14(20)11-16(18)22/h2-6,9-11H,7-8H2,1H3/b12-9+. The molecule has 0 aliphatic heterocycles. The highest BCUT2D eigenvalue weighted by atomic mass is 35.5. The predicted molar refractivity (Wildman–Crippen MR) is 101 cm³/mol. The fourth-order valence-corrected chi connectivity index (χ4v) is 3.12. The molecule has 0 radical (unpaired) electrons. The molecule has 0 spiro atoms. The minimum absolute atomic E-state index is 0.0375. The van der Waals surface area contributed by atoms with Crippen LogP contribution in [0.2, 0.25) is 15.1 Å². The molecule has 2 aromatic carbocycles. The van der Waals surface area contributed by atoms with Gasteiger partial charge < -0.3 is 4.74 Å². The van der Waals surface area contributed by atoms with Crippen LogP contribution >= 0.6 is 34.8 Å². The Morgan fingerprint density at radius 3 is 2.20 bits per heavy atom. The number of halogens is 3. The lowest BCUT2D eigenvalue weighted by atomic mass is 10.1. The largest absolute Gasteiger partial charge is 0.389 e.